The highest BCUT2D eigenvalue weighted by molar-refractivity contribution is 5.78. The Morgan fingerprint density at radius 2 is 2.00 bits per heavy atom. The third-order valence-corrected chi connectivity index (χ3v) is 3.14. The van der Waals surface area contributed by atoms with E-state index in [9.17, 15) is 4.79 Å². The molecule has 0 saturated heterocycles. The number of nitrogens with zero attached hydrogens (tertiary/aromatic N) is 1. The van der Waals surface area contributed by atoms with Gasteiger partial charge in [-0.05, 0) is 30.5 Å². The molecule has 1 amide bonds. The summed E-state index contributed by atoms with van der Waals surface area (Å²) in [7, 11) is 1.82. The van der Waals surface area contributed by atoms with E-state index in [1.165, 1.54) is 11.1 Å². The van der Waals surface area contributed by atoms with Crippen LogP contribution in [0.25, 0.3) is 0 Å². The maximum atomic E-state index is 11.9. The first kappa shape index (κ1) is 13.7. The lowest BCUT2D eigenvalue weighted by atomic mass is 10.1. The van der Waals surface area contributed by atoms with Gasteiger partial charge in [-0.15, -0.1) is 0 Å². The van der Waals surface area contributed by atoms with E-state index < -0.39 is 0 Å². The van der Waals surface area contributed by atoms with Gasteiger partial charge in [-0.1, -0.05) is 25.1 Å². The molecule has 0 spiro atoms. The van der Waals surface area contributed by atoms with Crippen LogP contribution < -0.4 is 5.73 Å². The van der Waals surface area contributed by atoms with Crippen LogP contribution in [0.3, 0.4) is 0 Å². The average molecular weight is 234 g/mol. The van der Waals surface area contributed by atoms with Gasteiger partial charge in [-0.3, -0.25) is 4.79 Å². The molecular weight excluding hydrogens is 212 g/mol. The Labute approximate surface area is 104 Å². The molecule has 3 nitrogen and oxygen atoms in total. The minimum absolute atomic E-state index is 0.103. The minimum atomic E-state index is -0.105. The van der Waals surface area contributed by atoms with E-state index in [4.69, 9.17) is 5.73 Å². The van der Waals surface area contributed by atoms with Gasteiger partial charge in [0.2, 0.25) is 5.91 Å². The van der Waals surface area contributed by atoms with Crippen molar-refractivity contribution in [1.82, 2.24) is 4.90 Å². The molecule has 1 aromatic carbocycles. The smallest absolute Gasteiger partial charge is 0.226 e. The summed E-state index contributed by atoms with van der Waals surface area (Å²) in [4.78, 5) is 13.6. The van der Waals surface area contributed by atoms with Gasteiger partial charge in [0.15, 0.2) is 0 Å². The molecule has 0 bridgehead atoms. The summed E-state index contributed by atoms with van der Waals surface area (Å²) in [6.07, 6.45) is 0. The molecule has 1 unspecified atom stereocenters. The van der Waals surface area contributed by atoms with Gasteiger partial charge < -0.3 is 10.6 Å². The van der Waals surface area contributed by atoms with Crippen LogP contribution >= 0.6 is 0 Å². The molecule has 17 heavy (non-hydrogen) atoms. The molecule has 0 fully saturated rings. The minimum Gasteiger partial charge on any atom is -0.341 e. The number of rotatable bonds is 4. The molecule has 1 rings (SSSR count). The lowest BCUT2D eigenvalue weighted by Gasteiger charge is -2.21. The van der Waals surface area contributed by atoms with Crippen LogP contribution in [-0.4, -0.2) is 24.4 Å². The normalized spacial score (nSPS) is 12.3. The van der Waals surface area contributed by atoms with Crippen molar-refractivity contribution < 1.29 is 4.79 Å². The molecule has 0 aliphatic carbocycles. The maximum Gasteiger partial charge on any atom is 0.226 e. The summed E-state index contributed by atoms with van der Waals surface area (Å²) in [5.41, 5.74) is 9.20. The zero-order valence-electron chi connectivity index (χ0n) is 11.2. The summed E-state index contributed by atoms with van der Waals surface area (Å²) in [5, 5.41) is 0. The largest absolute Gasteiger partial charge is 0.341 e. The van der Waals surface area contributed by atoms with E-state index in [2.05, 4.69) is 32.0 Å². The van der Waals surface area contributed by atoms with Crippen molar-refractivity contribution in [2.45, 2.75) is 27.3 Å². The van der Waals surface area contributed by atoms with Crippen molar-refractivity contribution in [1.29, 1.82) is 0 Å². The van der Waals surface area contributed by atoms with Crippen molar-refractivity contribution in [3.8, 4) is 0 Å². The molecule has 94 valence electrons. The zero-order chi connectivity index (χ0) is 13.0. The number of nitrogens with two attached hydrogens (primary N) is 1. The molecule has 2 N–H and O–H groups in total. The predicted octanol–water partition coefficient (Wildman–Crippen LogP) is 1.86. The van der Waals surface area contributed by atoms with Gasteiger partial charge in [0.05, 0.1) is 0 Å². The second kappa shape index (κ2) is 5.82. The first-order chi connectivity index (χ1) is 7.95. The SMILES string of the molecule is Cc1ccc(CN(C)C(=O)C(C)CN)cc1C. The zero-order valence-corrected chi connectivity index (χ0v) is 11.2. The fourth-order valence-electron chi connectivity index (χ4n) is 1.73. The highest BCUT2D eigenvalue weighted by Gasteiger charge is 2.15. The molecule has 0 aliphatic heterocycles. The lowest BCUT2D eigenvalue weighted by molar-refractivity contribution is -0.133. The number of benzene rings is 1. The number of hydrogen-bond donors (Lipinski definition) is 1. The summed E-state index contributed by atoms with van der Waals surface area (Å²) < 4.78 is 0. The Bertz CT molecular complexity index is 401. The molecule has 0 aromatic heterocycles. The summed E-state index contributed by atoms with van der Waals surface area (Å²) in [6.45, 7) is 7.08. The van der Waals surface area contributed by atoms with Crippen LogP contribution in [-0.2, 0) is 11.3 Å². The lowest BCUT2D eigenvalue weighted by Crippen LogP contribution is -2.34. The molecule has 0 saturated carbocycles. The second-order valence-electron chi connectivity index (χ2n) is 4.75. The molecule has 0 aliphatic rings. The Morgan fingerprint density at radius 3 is 2.53 bits per heavy atom. The summed E-state index contributed by atoms with van der Waals surface area (Å²) in [5.74, 6) is -0.00252. The highest BCUT2D eigenvalue weighted by Crippen LogP contribution is 2.12. The quantitative estimate of drug-likeness (QED) is 0.864. The molecule has 1 atom stereocenters. The van der Waals surface area contributed by atoms with Crippen molar-refractivity contribution in [2.75, 3.05) is 13.6 Å². The second-order valence-corrected chi connectivity index (χ2v) is 4.75. The van der Waals surface area contributed by atoms with Crippen molar-refractivity contribution in [3.63, 3.8) is 0 Å². The van der Waals surface area contributed by atoms with Crippen LogP contribution in [0, 0.1) is 19.8 Å². The third-order valence-electron chi connectivity index (χ3n) is 3.14. The Morgan fingerprint density at radius 1 is 1.35 bits per heavy atom. The highest BCUT2D eigenvalue weighted by atomic mass is 16.2. The van der Waals surface area contributed by atoms with Crippen LogP contribution in [0.2, 0.25) is 0 Å². The Balaban J connectivity index is 2.71. The van der Waals surface area contributed by atoms with Crippen LogP contribution in [0.4, 0.5) is 0 Å². The molecule has 0 radical (unpaired) electrons. The predicted molar refractivity (Wildman–Crippen MR) is 70.6 cm³/mol. The molecular formula is C14H22N2O. The van der Waals surface area contributed by atoms with E-state index >= 15 is 0 Å². The molecule has 1 aromatic rings. The standard InChI is InChI=1S/C14H22N2O/c1-10-5-6-13(7-11(10)2)9-16(4)14(17)12(3)8-15/h5-7,12H,8-9,15H2,1-4H3. The third kappa shape index (κ3) is 3.56. The average Bonchev–Trinajstić information content (AvgIpc) is 2.31. The number of carbonyl (C=O) groups is 1. The first-order valence-corrected chi connectivity index (χ1v) is 5.97. The first-order valence-electron chi connectivity index (χ1n) is 5.97. The number of amides is 1. The van der Waals surface area contributed by atoms with Gasteiger partial charge in [0.1, 0.15) is 0 Å². The van der Waals surface area contributed by atoms with Gasteiger partial charge in [0, 0.05) is 26.1 Å². The molecule has 3 heteroatoms. The fraction of sp³-hybridized carbons (Fsp3) is 0.500. The van der Waals surface area contributed by atoms with Crippen LogP contribution in [0.15, 0.2) is 18.2 Å². The number of hydrogen-bond acceptors (Lipinski definition) is 2. The van der Waals surface area contributed by atoms with Crippen LogP contribution in [0.1, 0.15) is 23.6 Å². The van der Waals surface area contributed by atoms with Crippen LogP contribution in [0.5, 0.6) is 0 Å². The monoisotopic (exact) mass is 234 g/mol. The summed E-state index contributed by atoms with van der Waals surface area (Å²) >= 11 is 0. The van der Waals surface area contributed by atoms with E-state index in [-0.39, 0.29) is 11.8 Å². The topological polar surface area (TPSA) is 46.3 Å². The maximum absolute atomic E-state index is 11.9. The van der Waals surface area contributed by atoms with Crippen molar-refractivity contribution in [3.05, 3.63) is 34.9 Å². The van der Waals surface area contributed by atoms with E-state index in [0.717, 1.165) is 5.56 Å². The van der Waals surface area contributed by atoms with Gasteiger partial charge >= 0.3 is 0 Å². The van der Waals surface area contributed by atoms with Crippen molar-refractivity contribution >= 4 is 5.91 Å². The van der Waals surface area contributed by atoms with E-state index in [1.807, 2.05) is 14.0 Å². The Hall–Kier alpha value is -1.35. The van der Waals surface area contributed by atoms with E-state index in [0.29, 0.717) is 13.1 Å². The Kier molecular flexibility index (Phi) is 4.70. The van der Waals surface area contributed by atoms with Gasteiger partial charge in [-0.25, -0.2) is 0 Å². The fourth-order valence-corrected chi connectivity index (χ4v) is 1.73. The summed E-state index contributed by atoms with van der Waals surface area (Å²) in [6, 6.07) is 6.29. The number of carbonyl (C=O) groups excluding carboxylic acids is 1. The van der Waals surface area contributed by atoms with Crippen molar-refractivity contribution in [2.24, 2.45) is 11.7 Å². The molecule has 0 heterocycles. The number of aryl methyl sites for hydroxylation is 2. The van der Waals surface area contributed by atoms with Gasteiger partial charge in [-0.2, -0.15) is 0 Å². The van der Waals surface area contributed by atoms with Gasteiger partial charge in [0.25, 0.3) is 0 Å². The van der Waals surface area contributed by atoms with E-state index in [1.54, 1.807) is 4.90 Å².